The highest BCUT2D eigenvalue weighted by Crippen LogP contribution is 2.26. The number of carbonyl (C=O) groups excluding carboxylic acids is 2. The van der Waals surface area contributed by atoms with Gasteiger partial charge in [0.05, 0.1) is 5.56 Å². The summed E-state index contributed by atoms with van der Waals surface area (Å²) in [5, 5.41) is 5.76. The highest BCUT2D eigenvalue weighted by Gasteiger charge is 2.15. The number of rotatable bonds is 7. The molecule has 0 spiro atoms. The third-order valence-electron chi connectivity index (χ3n) is 4.13. The third kappa shape index (κ3) is 4.83. The summed E-state index contributed by atoms with van der Waals surface area (Å²) in [7, 11) is 1.73. The second-order valence-corrected chi connectivity index (χ2v) is 5.82. The standard InChI is InChI=1S/C20H24N2O3/c1-4-14(2)15-9-5-8-12-18(15)22-19(23)13-25-20(24)16-10-6-7-11-17(16)21-3/h5-12,14,21H,4,13H2,1-3H3,(H,22,23)/t14-/m1/s1. The van der Waals surface area contributed by atoms with Gasteiger partial charge < -0.3 is 15.4 Å². The van der Waals surface area contributed by atoms with Crippen molar-refractivity contribution in [3.63, 3.8) is 0 Å². The molecule has 2 aromatic rings. The molecular weight excluding hydrogens is 316 g/mol. The highest BCUT2D eigenvalue weighted by atomic mass is 16.5. The predicted octanol–water partition coefficient (Wildman–Crippen LogP) is 4.04. The Labute approximate surface area is 148 Å². The summed E-state index contributed by atoms with van der Waals surface area (Å²) in [6, 6.07) is 14.7. The Morgan fingerprint density at radius 2 is 1.68 bits per heavy atom. The van der Waals surface area contributed by atoms with Crippen molar-refractivity contribution in [3.05, 3.63) is 59.7 Å². The van der Waals surface area contributed by atoms with E-state index < -0.39 is 5.97 Å². The molecule has 2 aromatic carbocycles. The van der Waals surface area contributed by atoms with Crippen LogP contribution in [0.3, 0.4) is 0 Å². The molecule has 0 bridgehead atoms. The maximum atomic E-state index is 12.2. The summed E-state index contributed by atoms with van der Waals surface area (Å²) in [5.41, 5.74) is 2.89. The van der Waals surface area contributed by atoms with Crippen molar-refractivity contribution in [3.8, 4) is 0 Å². The Kier molecular flexibility index (Phi) is 6.57. The molecule has 5 heteroatoms. The summed E-state index contributed by atoms with van der Waals surface area (Å²) in [4.78, 5) is 24.3. The summed E-state index contributed by atoms with van der Waals surface area (Å²) in [5.74, 6) is -0.553. The van der Waals surface area contributed by atoms with Crippen LogP contribution in [-0.4, -0.2) is 25.5 Å². The second-order valence-electron chi connectivity index (χ2n) is 5.82. The number of hydrogen-bond acceptors (Lipinski definition) is 4. The summed E-state index contributed by atoms with van der Waals surface area (Å²) in [6.07, 6.45) is 0.975. The molecule has 0 aliphatic rings. The molecule has 0 aromatic heterocycles. The van der Waals surface area contributed by atoms with Crippen LogP contribution in [0.25, 0.3) is 0 Å². The van der Waals surface area contributed by atoms with Crippen LogP contribution in [0.2, 0.25) is 0 Å². The van der Waals surface area contributed by atoms with Crippen LogP contribution in [0.15, 0.2) is 48.5 Å². The van der Waals surface area contributed by atoms with E-state index in [-0.39, 0.29) is 12.5 Å². The number of benzene rings is 2. The summed E-state index contributed by atoms with van der Waals surface area (Å²) >= 11 is 0. The molecule has 1 amide bonds. The largest absolute Gasteiger partial charge is 0.452 e. The second kappa shape index (κ2) is 8.87. The van der Waals surface area contributed by atoms with Gasteiger partial charge in [-0.1, -0.05) is 44.2 Å². The van der Waals surface area contributed by atoms with Crippen molar-refractivity contribution in [2.45, 2.75) is 26.2 Å². The van der Waals surface area contributed by atoms with Crippen LogP contribution in [0.1, 0.15) is 42.1 Å². The fourth-order valence-corrected chi connectivity index (χ4v) is 2.53. The van der Waals surface area contributed by atoms with E-state index in [1.165, 1.54) is 0 Å². The molecule has 132 valence electrons. The van der Waals surface area contributed by atoms with E-state index in [9.17, 15) is 9.59 Å². The fraction of sp³-hybridized carbons (Fsp3) is 0.300. The van der Waals surface area contributed by atoms with Gasteiger partial charge in [-0.3, -0.25) is 4.79 Å². The van der Waals surface area contributed by atoms with E-state index in [1.807, 2.05) is 30.3 Å². The van der Waals surface area contributed by atoms with Gasteiger partial charge in [0.1, 0.15) is 0 Å². The Hall–Kier alpha value is -2.82. The van der Waals surface area contributed by atoms with Gasteiger partial charge in [-0.25, -0.2) is 4.79 Å². The molecule has 0 heterocycles. The average molecular weight is 340 g/mol. The van der Waals surface area contributed by atoms with E-state index in [2.05, 4.69) is 24.5 Å². The Morgan fingerprint density at radius 3 is 2.36 bits per heavy atom. The van der Waals surface area contributed by atoms with Crippen molar-refractivity contribution < 1.29 is 14.3 Å². The number of hydrogen-bond donors (Lipinski definition) is 2. The first kappa shape index (κ1) is 18.5. The molecule has 0 saturated carbocycles. The first-order valence-electron chi connectivity index (χ1n) is 8.39. The molecule has 0 aliphatic heterocycles. The molecule has 0 aliphatic carbocycles. The number of nitrogens with one attached hydrogen (secondary N) is 2. The quantitative estimate of drug-likeness (QED) is 0.747. The number of ether oxygens (including phenoxy) is 1. The highest BCUT2D eigenvalue weighted by molar-refractivity contribution is 5.98. The molecule has 0 saturated heterocycles. The van der Waals surface area contributed by atoms with Gasteiger partial charge in [0, 0.05) is 18.4 Å². The number of esters is 1. The minimum atomic E-state index is -0.532. The van der Waals surface area contributed by atoms with Crippen LogP contribution in [-0.2, 0) is 9.53 Å². The Bertz CT molecular complexity index is 743. The molecular formula is C20H24N2O3. The number of anilines is 2. The van der Waals surface area contributed by atoms with Crippen LogP contribution in [0, 0.1) is 0 Å². The van der Waals surface area contributed by atoms with Crippen LogP contribution in [0.5, 0.6) is 0 Å². The first-order valence-corrected chi connectivity index (χ1v) is 8.39. The minimum Gasteiger partial charge on any atom is -0.452 e. The van der Waals surface area contributed by atoms with Crippen LogP contribution < -0.4 is 10.6 Å². The normalized spacial score (nSPS) is 11.5. The summed E-state index contributed by atoms with van der Waals surface area (Å²) in [6.45, 7) is 3.88. The van der Waals surface area contributed by atoms with Crippen LogP contribution >= 0.6 is 0 Å². The SMILES string of the molecule is CC[C@@H](C)c1ccccc1NC(=O)COC(=O)c1ccccc1NC. The van der Waals surface area contributed by atoms with E-state index in [0.717, 1.165) is 17.7 Å². The van der Waals surface area contributed by atoms with Gasteiger partial charge in [0.2, 0.25) is 0 Å². The minimum absolute atomic E-state index is 0.328. The van der Waals surface area contributed by atoms with Crippen molar-refractivity contribution in [2.24, 2.45) is 0 Å². The number of amides is 1. The predicted molar refractivity (Wildman–Crippen MR) is 100 cm³/mol. The fourth-order valence-electron chi connectivity index (χ4n) is 2.53. The Balaban J connectivity index is 1.99. The van der Waals surface area contributed by atoms with E-state index in [0.29, 0.717) is 17.2 Å². The molecule has 2 N–H and O–H groups in total. The van der Waals surface area contributed by atoms with E-state index in [4.69, 9.17) is 4.74 Å². The molecule has 0 unspecified atom stereocenters. The van der Waals surface area contributed by atoms with Gasteiger partial charge in [0.25, 0.3) is 5.91 Å². The third-order valence-corrected chi connectivity index (χ3v) is 4.13. The molecule has 1 atom stereocenters. The van der Waals surface area contributed by atoms with E-state index in [1.54, 1.807) is 25.2 Å². The topological polar surface area (TPSA) is 67.4 Å². The zero-order valence-corrected chi connectivity index (χ0v) is 14.8. The van der Waals surface area contributed by atoms with Gasteiger partial charge >= 0.3 is 5.97 Å². The molecule has 2 rings (SSSR count). The maximum absolute atomic E-state index is 12.2. The lowest BCUT2D eigenvalue weighted by Crippen LogP contribution is -2.22. The maximum Gasteiger partial charge on any atom is 0.340 e. The zero-order chi connectivity index (χ0) is 18.2. The lowest BCUT2D eigenvalue weighted by Gasteiger charge is -2.15. The van der Waals surface area contributed by atoms with Gasteiger partial charge in [-0.05, 0) is 36.1 Å². The summed E-state index contributed by atoms with van der Waals surface area (Å²) < 4.78 is 5.14. The number of para-hydroxylation sites is 2. The smallest absolute Gasteiger partial charge is 0.340 e. The molecule has 0 radical (unpaired) electrons. The van der Waals surface area contributed by atoms with Gasteiger partial charge in [-0.15, -0.1) is 0 Å². The monoisotopic (exact) mass is 340 g/mol. The van der Waals surface area contributed by atoms with Gasteiger partial charge in [0.15, 0.2) is 6.61 Å². The lowest BCUT2D eigenvalue weighted by atomic mass is 9.97. The first-order chi connectivity index (χ1) is 12.1. The lowest BCUT2D eigenvalue weighted by molar-refractivity contribution is -0.119. The molecule has 5 nitrogen and oxygen atoms in total. The molecule has 25 heavy (non-hydrogen) atoms. The molecule has 0 fully saturated rings. The average Bonchev–Trinajstić information content (AvgIpc) is 2.65. The Morgan fingerprint density at radius 1 is 1.04 bits per heavy atom. The van der Waals surface area contributed by atoms with Crippen molar-refractivity contribution in [1.82, 2.24) is 0 Å². The van der Waals surface area contributed by atoms with Crippen molar-refractivity contribution >= 4 is 23.3 Å². The van der Waals surface area contributed by atoms with Crippen molar-refractivity contribution in [1.29, 1.82) is 0 Å². The van der Waals surface area contributed by atoms with Crippen LogP contribution in [0.4, 0.5) is 11.4 Å². The zero-order valence-electron chi connectivity index (χ0n) is 14.8. The number of carbonyl (C=O) groups is 2. The van der Waals surface area contributed by atoms with Gasteiger partial charge in [-0.2, -0.15) is 0 Å². The van der Waals surface area contributed by atoms with Crippen molar-refractivity contribution in [2.75, 3.05) is 24.3 Å². The van der Waals surface area contributed by atoms with E-state index >= 15 is 0 Å².